The van der Waals surface area contributed by atoms with Crippen LogP contribution in [0.2, 0.25) is 0 Å². The Balaban J connectivity index is 2.65. The lowest BCUT2D eigenvalue weighted by molar-refractivity contribution is 0.0595. The monoisotopic (exact) mass is 300 g/mol. The Morgan fingerprint density at radius 1 is 1.29 bits per heavy atom. The molecular formula is C17H36N2O2. The van der Waals surface area contributed by atoms with E-state index in [1.54, 1.807) is 7.11 Å². The van der Waals surface area contributed by atoms with Crippen molar-refractivity contribution in [2.45, 2.75) is 52.5 Å². The van der Waals surface area contributed by atoms with Gasteiger partial charge in [-0.15, -0.1) is 0 Å². The molecule has 126 valence electrons. The summed E-state index contributed by atoms with van der Waals surface area (Å²) >= 11 is 0. The third kappa shape index (κ3) is 6.23. The molecule has 1 fully saturated rings. The van der Waals surface area contributed by atoms with Gasteiger partial charge in [0, 0.05) is 44.8 Å². The fourth-order valence-electron chi connectivity index (χ4n) is 3.34. The molecule has 1 rings (SSSR count). The first-order chi connectivity index (χ1) is 10.2. The molecule has 1 N–H and O–H groups in total. The Kier molecular flexibility index (Phi) is 9.49. The Labute approximate surface area is 131 Å². The van der Waals surface area contributed by atoms with Crippen LogP contribution in [0, 0.1) is 5.41 Å². The third-order valence-electron chi connectivity index (χ3n) is 4.69. The minimum absolute atomic E-state index is 0.283. The molecule has 0 aromatic carbocycles. The van der Waals surface area contributed by atoms with E-state index >= 15 is 0 Å². The van der Waals surface area contributed by atoms with E-state index < -0.39 is 0 Å². The van der Waals surface area contributed by atoms with Crippen LogP contribution < -0.4 is 5.32 Å². The summed E-state index contributed by atoms with van der Waals surface area (Å²) in [6, 6.07) is 0.656. The molecule has 1 saturated heterocycles. The molecule has 0 bridgehead atoms. The number of methoxy groups -OCH3 is 1. The fourth-order valence-corrected chi connectivity index (χ4v) is 3.34. The second-order valence-corrected chi connectivity index (χ2v) is 6.41. The summed E-state index contributed by atoms with van der Waals surface area (Å²) in [6.45, 7) is 13.8. The van der Waals surface area contributed by atoms with Gasteiger partial charge in [0.1, 0.15) is 0 Å². The number of ether oxygens (including phenoxy) is 2. The maximum Gasteiger partial charge on any atom is 0.0589 e. The van der Waals surface area contributed by atoms with Crippen LogP contribution in [0.4, 0.5) is 0 Å². The van der Waals surface area contributed by atoms with Crippen molar-refractivity contribution in [2.24, 2.45) is 5.41 Å². The predicted octanol–water partition coefficient (Wildman–Crippen LogP) is 2.53. The van der Waals surface area contributed by atoms with Crippen molar-refractivity contribution >= 4 is 0 Å². The normalized spacial score (nSPS) is 22.6. The van der Waals surface area contributed by atoms with E-state index in [4.69, 9.17) is 9.47 Å². The van der Waals surface area contributed by atoms with Crippen LogP contribution in [0.5, 0.6) is 0 Å². The first-order valence-electron chi connectivity index (χ1n) is 8.72. The zero-order valence-electron chi connectivity index (χ0n) is 14.6. The van der Waals surface area contributed by atoms with E-state index in [1.165, 1.54) is 25.7 Å². The standard InChI is InChI=1S/C17H36N2O2/c1-5-9-18-13-17(8-11-21-15-17)14-19(10-12-20-4)16(6-2)7-3/h16,18H,5-15H2,1-4H3. The van der Waals surface area contributed by atoms with E-state index in [-0.39, 0.29) is 5.41 Å². The number of hydrogen-bond donors (Lipinski definition) is 1. The van der Waals surface area contributed by atoms with Crippen molar-refractivity contribution in [3.05, 3.63) is 0 Å². The van der Waals surface area contributed by atoms with Crippen molar-refractivity contribution < 1.29 is 9.47 Å². The van der Waals surface area contributed by atoms with E-state index in [9.17, 15) is 0 Å². The molecule has 0 spiro atoms. The van der Waals surface area contributed by atoms with Crippen LogP contribution in [-0.4, -0.2) is 64.1 Å². The average Bonchev–Trinajstić information content (AvgIpc) is 2.95. The highest BCUT2D eigenvalue weighted by Crippen LogP contribution is 2.30. The first-order valence-corrected chi connectivity index (χ1v) is 8.72. The molecule has 0 aliphatic carbocycles. The molecule has 21 heavy (non-hydrogen) atoms. The number of nitrogens with zero attached hydrogens (tertiary/aromatic N) is 1. The Morgan fingerprint density at radius 2 is 2.05 bits per heavy atom. The van der Waals surface area contributed by atoms with Crippen molar-refractivity contribution in [1.82, 2.24) is 10.2 Å². The largest absolute Gasteiger partial charge is 0.383 e. The quantitative estimate of drug-likeness (QED) is 0.562. The van der Waals surface area contributed by atoms with E-state index in [1.807, 2.05) is 0 Å². The Morgan fingerprint density at radius 3 is 2.57 bits per heavy atom. The molecular weight excluding hydrogens is 264 g/mol. The molecule has 1 atom stereocenters. The van der Waals surface area contributed by atoms with Gasteiger partial charge in [-0.3, -0.25) is 4.90 Å². The summed E-state index contributed by atoms with van der Waals surface area (Å²) in [5.74, 6) is 0. The van der Waals surface area contributed by atoms with E-state index in [0.29, 0.717) is 6.04 Å². The molecule has 1 aliphatic rings. The number of nitrogens with one attached hydrogen (secondary N) is 1. The van der Waals surface area contributed by atoms with Gasteiger partial charge in [-0.05, 0) is 32.2 Å². The van der Waals surface area contributed by atoms with Gasteiger partial charge in [-0.1, -0.05) is 20.8 Å². The molecule has 0 aromatic heterocycles. The minimum atomic E-state index is 0.283. The molecule has 0 saturated carbocycles. The summed E-state index contributed by atoms with van der Waals surface area (Å²) in [4.78, 5) is 2.63. The molecule has 0 amide bonds. The highest BCUT2D eigenvalue weighted by molar-refractivity contribution is 4.90. The van der Waals surface area contributed by atoms with Gasteiger partial charge in [-0.25, -0.2) is 0 Å². The maximum atomic E-state index is 5.75. The van der Waals surface area contributed by atoms with Gasteiger partial charge in [0.15, 0.2) is 0 Å². The predicted molar refractivity (Wildman–Crippen MR) is 88.8 cm³/mol. The summed E-state index contributed by atoms with van der Waals surface area (Å²) in [6.07, 6.45) is 4.78. The summed E-state index contributed by atoms with van der Waals surface area (Å²) in [7, 11) is 1.79. The van der Waals surface area contributed by atoms with Gasteiger partial charge in [0.25, 0.3) is 0 Å². The molecule has 4 nitrogen and oxygen atoms in total. The Bertz CT molecular complexity index is 251. The first kappa shape index (κ1) is 18.9. The zero-order valence-corrected chi connectivity index (χ0v) is 14.6. The average molecular weight is 300 g/mol. The van der Waals surface area contributed by atoms with Crippen LogP contribution in [0.3, 0.4) is 0 Å². The molecule has 0 aromatic rings. The van der Waals surface area contributed by atoms with E-state index in [2.05, 4.69) is 31.0 Å². The van der Waals surface area contributed by atoms with Gasteiger partial charge < -0.3 is 14.8 Å². The minimum Gasteiger partial charge on any atom is -0.383 e. The van der Waals surface area contributed by atoms with Gasteiger partial charge in [0.05, 0.1) is 13.2 Å². The van der Waals surface area contributed by atoms with Crippen molar-refractivity contribution in [3.63, 3.8) is 0 Å². The maximum absolute atomic E-state index is 5.75. The lowest BCUT2D eigenvalue weighted by Gasteiger charge is -2.38. The number of rotatable bonds is 12. The van der Waals surface area contributed by atoms with Crippen LogP contribution in [0.25, 0.3) is 0 Å². The highest BCUT2D eigenvalue weighted by atomic mass is 16.5. The van der Waals surface area contributed by atoms with Crippen molar-refractivity contribution in [1.29, 1.82) is 0 Å². The van der Waals surface area contributed by atoms with Crippen molar-refractivity contribution in [2.75, 3.05) is 53.1 Å². The third-order valence-corrected chi connectivity index (χ3v) is 4.69. The van der Waals surface area contributed by atoms with Gasteiger partial charge in [0.2, 0.25) is 0 Å². The van der Waals surface area contributed by atoms with Gasteiger partial charge in [-0.2, -0.15) is 0 Å². The lowest BCUT2D eigenvalue weighted by Crippen LogP contribution is -2.49. The smallest absolute Gasteiger partial charge is 0.0589 e. The van der Waals surface area contributed by atoms with Crippen molar-refractivity contribution in [3.8, 4) is 0 Å². The molecule has 1 aliphatic heterocycles. The number of hydrogen-bond acceptors (Lipinski definition) is 4. The fraction of sp³-hybridized carbons (Fsp3) is 1.00. The molecule has 1 heterocycles. The summed E-state index contributed by atoms with van der Waals surface area (Å²) < 4.78 is 11.1. The van der Waals surface area contributed by atoms with Crippen LogP contribution in [-0.2, 0) is 9.47 Å². The van der Waals surface area contributed by atoms with Gasteiger partial charge >= 0.3 is 0 Å². The highest BCUT2D eigenvalue weighted by Gasteiger charge is 2.37. The zero-order chi connectivity index (χ0) is 15.6. The molecule has 0 radical (unpaired) electrons. The molecule has 1 unspecified atom stereocenters. The topological polar surface area (TPSA) is 33.7 Å². The van der Waals surface area contributed by atoms with Crippen LogP contribution >= 0.6 is 0 Å². The second kappa shape index (κ2) is 10.5. The summed E-state index contributed by atoms with van der Waals surface area (Å²) in [5.41, 5.74) is 0.283. The SMILES string of the molecule is CCCNCC1(CN(CCOC)C(CC)CC)CCOC1. The molecule has 4 heteroatoms. The lowest BCUT2D eigenvalue weighted by atomic mass is 9.85. The van der Waals surface area contributed by atoms with Crippen LogP contribution in [0.1, 0.15) is 46.5 Å². The van der Waals surface area contributed by atoms with E-state index in [0.717, 1.165) is 46.0 Å². The second-order valence-electron chi connectivity index (χ2n) is 6.41. The van der Waals surface area contributed by atoms with Crippen LogP contribution in [0.15, 0.2) is 0 Å². The summed E-state index contributed by atoms with van der Waals surface area (Å²) in [5, 5.41) is 3.62. The Hall–Kier alpha value is -0.160.